The van der Waals surface area contributed by atoms with Gasteiger partial charge in [-0.2, -0.15) is 5.10 Å². The van der Waals surface area contributed by atoms with E-state index in [1.54, 1.807) is 30.1 Å². The number of nitrogen functional groups attached to an aromatic ring is 1. The van der Waals surface area contributed by atoms with Crippen molar-refractivity contribution in [2.75, 3.05) is 12.3 Å². The first-order valence-electron chi connectivity index (χ1n) is 5.14. The number of hydrogen-bond donors (Lipinski definition) is 2. The summed E-state index contributed by atoms with van der Waals surface area (Å²) in [5.41, 5.74) is 6.39. The van der Waals surface area contributed by atoms with Gasteiger partial charge in [0.2, 0.25) is 0 Å². The van der Waals surface area contributed by atoms with Gasteiger partial charge in [-0.1, -0.05) is 5.16 Å². The molecule has 0 aromatic carbocycles. The van der Waals surface area contributed by atoms with Crippen LogP contribution in [0, 0.1) is 6.92 Å². The maximum atomic E-state index is 11.6. The van der Waals surface area contributed by atoms with Crippen LogP contribution >= 0.6 is 0 Å². The van der Waals surface area contributed by atoms with Crippen LogP contribution in [-0.2, 0) is 6.54 Å². The quantitative estimate of drug-likeness (QED) is 0.788. The van der Waals surface area contributed by atoms with Crippen LogP contribution in [0.2, 0.25) is 0 Å². The standard InChI is InChI=1S/C10H13N5O2/c1-7-4-9(14-17-7)10(16)12-2-3-15-6-8(11)5-13-15/h4-6H,2-3,11H2,1H3,(H,12,16). The van der Waals surface area contributed by atoms with Crippen LogP contribution in [0.3, 0.4) is 0 Å². The number of carbonyl (C=O) groups excluding carboxylic acids is 1. The summed E-state index contributed by atoms with van der Waals surface area (Å²) in [6.07, 6.45) is 3.26. The van der Waals surface area contributed by atoms with Crippen LogP contribution in [0.5, 0.6) is 0 Å². The second-order valence-corrected chi connectivity index (χ2v) is 3.62. The monoisotopic (exact) mass is 235 g/mol. The summed E-state index contributed by atoms with van der Waals surface area (Å²) in [4.78, 5) is 11.6. The van der Waals surface area contributed by atoms with E-state index in [0.29, 0.717) is 24.5 Å². The lowest BCUT2D eigenvalue weighted by atomic mass is 10.3. The third kappa shape index (κ3) is 2.83. The van der Waals surface area contributed by atoms with Crippen molar-refractivity contribution in [2.24, 2.45) is 0 Å². The van der Waals surface area contributed by atoms with E-state index in [0.717, 1.165) is 0 Å². The zero-order chi connectivity index (χ0) is 12.3. The van der Waals surface area contributed by atoms with E-state index in [-0.39, 0.29) is 11.6 Å². The topological polar surface area (TPSA) is 99.0 Å². The number of rotatable bonds is 4. The van der Waals surface area contributed by atoms with Gasteiger partial charge in [0.25, 0.3) is 5.91 Å². The molecule has 0 unspecified atom stereocenters. The van der Waals surface area contributed by atoms with Crippen molar-refractivity contribution in [2.45, 2.75) is 13.5 Å². The normalized spacial score (nSPS) is 10.4. The molecule has 3 N–H and O–H groups in total. The highest BCUT2D eigenvalue weighted by Crippen LogP contribution is 2.01. The van der Waals surface area contributed by atoms with E-state index < -0.39 is 0 Å². The average Bonchev–Trinajstić information content (AvgIpc) is 2.88. The molecular formula is C10H13N5O2. The molecular weight excluding hydrogens is 222 g/mol. The van der Waals surface area contributed by atoms with E-state index in [4.69, 9.17) is 10.3 Å². The summed E-state index contributed by atoms with van der Waals surface area (Å²) in [5.74, 6) is 0.344. The minimum atomic E-state index is -0.262. The second kappa shape index (κ2) is 4.69. The second-order valence-electron chi connectivity index (χ2n) is 3.62. The molecule has 7 heteroatoms. The van der Waals surface area contributed by atoms with Crippen LogP contribution in [0.25, 0.3) is 0 Å². The summed E-state index contributed by atoms with van der Waals surface area (Å²) in [6, 6.07) is 1.58. The fourth-order valence-electron chi connectivity index (χ4n) is 1.35. The third-order valence-electron chi connectivity index (χ3n) is 2.14. The van der Waals surface area contributed by atoms with Crippen molar-refractivity contribution in [3.05, 3.63) is 29.9 Å². The lowest BCUT2D eigenvalue weighted by molar-refractivity contribution is 0.0943. The van der Waals surface area contributed by atoms with E-state index >= 15 is 0 Å². The Hall–Kier alpha value is -2.31. The zero-order valence-electron chi connectivity index (χ0n) is 9.38. The summed E-state index contributed by atoms with van der Waals surface area (Å²) in [6.45, 7) is 2.74. The van der Waals surface area contributed by atoms with E-state index in [1.165, 1.54) is 0 Å². The summed E-state index contributed by atoms with van der Waals surface area (Å²) < 4.78 is 6.47. The van der Waals surface area contributed by atoms with Crippen molar-refractivity contribution in [3.8, 4) is 0 Å². The molecule has 0 aliphatic carbocycles. The number of nitrogens with two attached hydrogens (primary N) is 1. The molecule has 0 fully saturated rings. The van der Waals surface area contributed by atoms with Gasteiger partial charge in [-0.05, 0) is 6.92 Å². The fourth-order valence-corrected chi connectivity index (χ4v) is 1.35. The van der Waals surface area contributed by atoms with Gasteiger partial charge in [-0.3, -0.25) is 9.48 Å². The Morgan fingerprint density at radius 3 is 3.06 bits per heavy atom. The van der Waals surface area contributed by atoms with Gasteiger partial charge in [0.1, 0.15) is 5.76 Å². The molecule has 1 amide bonds. The number of nitrogens with zero attached hydrogens (tertiary/aromatic N) is 3. The molecule has 0 spiro atoms. The summed E-state index contributed by atoms with van der Waals surface area (Å²) >= 11 is 0. The maximum Gasteiger partial charge on any atom is 0.273 e. The van der Waals surface area contributed by atoms with Crippen LogP contribution in [0.4, 0.5) is 5.69 Å². The molecule has 0 bridgehead atoms. The van der Waals surface area contributed by atoms with Gasteiger partial charge in [-0.15, -0.1) is 0 Å². The summed E-state index contributed by atoms with van der Waals surface area (Å²) in [5, 5.41) is 10.3. The Morgan fingerprint density at radius 1 is 1.65 bits per heavy atom. The van der Waals surface area contributed by atoms with E-state index in [1.807, 2.05) is 0 Å². The van der Waals surface area contributed by atoms with Crippen LogP contribution in [0.1, 0.15) is 16.2 Å². The van der Waals surface area contributed by atoms with Crippen molar-refractivity contribution in [1.29, 1.82) is 0 Å². The average molecular weight is 235 g/mol. The third-order valence-corrected chi connectivity index (χ3v) is 2.14. The van der Waals surface area contributed by atoms with E-state index in [9.17, 15) is 4.79 Å². The largest absolute Gasteiger partial charge is 0.396 e. The number of nitrogens with one attached hydrogen (secondary N) is 1. The van der Waals surface area contributed by atoms with Gasteiger partial charge in [0.15, 0.2) is 5.69 Å². The van der Waals surface area contributed by atoms with Crippen molar-refractivity contribution >= 4 is 11.6 Å². The molecule has 2 aromatic rings. The Balaban J connectivity index is 1.81. The number of anilines is 1. The first-order chi connectivity index (χ1) is 8.15. The first-order valence-corrected chi connectivity index (χ1v) is 5.14. The highest BCUT2D eigenvalue weighted by atomic mass is 16.5. The summed E-state index contributed by atoms with van der Waals surface area (Å²) in [7, 11) is 0. The Labute approximate surface area is 97.6 Å². The molecule has 17 heavy (non-hydrogen) atoms. The predicted octanol–water partition coefficient (Wildman–Crippen LogP) is 0.192. The van der Waals surface area contributed by atoms with Crippen molar-refractivity contribution in [3.63, 3.8) is 0 Å². The van der Waals surface area contributed by atoms with Gasteiger partial charge in [-0.25, -0.2) is 0 Å². The lowest BCUT2D eigenvalue weighted by Crippen LogP contribution is -2.27. The predicted molar refractivity (Wildman–Crippen MR) is 60.2 cm³/mol. The molecule has 0 saturated carbocycles. The molecule has 90 valence electrons. The van der Waals surface area contributed by atoms with Crippen molar-refractivity contribution < 1.29 is 9.32 Å². The Morgan fingerprint density at radius 2 is 2.47 bits per heavy atom. The minimum Gasteiger partial charge on any atom is -0.396 e. The highest BCUT2D eigenvalue weighted by Gasteiger charge is 2.09. The number of aromatic nitrogens is 3. The molecule has 0 saturated heterocycles. The lowest BCUT2D eigenvalue weighted by Gasteiger charge is -2.02. The molecule has 0 aliphatic heterocycles. The van der Waals surface area contributed by atoms with Gasteiger partial charge >= 0.3 is 0 Å². The molecule has 2 aromatic heterocycles. The molecule has 0 atom stereocenters. The fraction of sp³-hybridized carbons (Fsp3) is 0.300. The Kier molecular flexibility index (Phi) is 3.08. The molecule has 0 radical (unpaired) electrons. The number of amides is 1. The number of aryl methyl sites for hydroxylation is 1. The van der Waals surface area contributed by atoms with Gasteiger partial charge < -0.3 is 15.6 Å². The number of carbonyl (C=O) groups is 1. The SMILES string of the molecule is Cc1cc(C(=O)NCCn2cc(N)cn2)no1. The molecule has 7 nitrogen and oxygen atoms in total. The van der Waals surface area contributed by atoms with Gasteiger partial charge in [0, 0.05) is 18.8 Å². The van der Waals surface area contributed by atoms with E-state index in [2.05, 4.69) is 15.6 Å². The van der Waals surface area contributed by atoms with Crippen molar-refractivity contribution in [1.82, 2.24) is 20.3 Å². The zero-order valence-corrected chi connectivity index (χ0v) is 9.38. The van der Waals surface area contributed by atoms with Gasteiger partial charge in [0.05, 0.1) is 18.4 Å². The Bertz CT molecular complexity index is 516. The maximum absolute atomic E-state index is 11.6. The smallest absolute Gasteiger partial charge is 0.273 e. The van der Waals surface area contributed by atoms with Crippen LogP contribution in [-0.4, -0.2) is 27.4 Å². The number of hydrogen-bond acceptors (Lipinski definition) is 5. The highest BCUT2D eigenvalue weighted by molar-refractivity contribution is 5.92. The van der Waals surface area contributed by atoms with Crippen LogP contribution < -0.4 is 11.1 Å². The van der Waals surface area contributed by atoms with Crippen LogP contribution in [0.15, 0.2) is 23.0 Å². The first kappa shape index (κ1) is 11.2. The molecule has 2 rings (SSSR count). The molecule has 0 aliphatic rings. The molecule has 2 heterocycles. The minimum absolute atomic E-state index is 0.262.